The van der Waals surface area contributed by atoms with Crippen LogP contribution in [0.3, 0.4) is 0 Å². The van der Waals surface area contributed by atoms with Crippen molar-refractivity contribution in [3.05, 3.63) is 35.4 Å². The number of ether oxygens (including phenoxy) is 1. The van der Waals surface area contributed by atoms with Crippen LogP contribution >= 0.6 is 0 Å². The Balaban J connectivity index is 2.80. The fourth-order valence-electron chi connectivity index (χ4n) is 1.23. The second-order valence-corrected chi connectivity index (χ2v) is 3.10. The Labute approximate surface area is 91.6 Å². The van der Waals surface area contributed by atoms with Gasteiger partial charge in [-0.25, -0.2) is 0 Å². The summed E-state index contributed by atoms with van der Waals surface area (Å²) in [6.07, 6.45) is 0.374. The molecule has 0 radical (unpaired) electrons. The maximum Gasteiger partial charge on any atom is 0.318 e. The number of hydrogen-bond donors (Lipinski definition) is 1. The molecule has 1 aromatic rings. The monoisotopic (exact) mass is 222 g/mol. The molecule has 1 rings (SSSR count). The van der Waals surface area contributed by atoms with Crippen molar-refractivity contribution in [3.63, 3.8) is 0 Å². The van der Waals surface area contributed by atoms with Gasteiger partial charge in [0.05, 0.1) is 0 Å². The van der Waals surface area contributed by atoms with Gasteiger partial charge in [-0.2, -0.15) is 0 Å². The fraction of sp³-hybridized carbons (Fsp3) is 0.182. The Morgan fingerprint density at radius 1 is 1.31 bits per heavy atom. The van der Waals surface area contributed by atoms with E-state index in [1.54, 1.807) is 12.1 Å². The molecule has 0 saturated heterocycles. The highest BCUT2D eigenvalue weighted by molar-refractivity contribution is 5.92. The molecule has 0 fully saturated rings. The molecule has 5 heteroatoms. The summed E-state index contributed by atoms with van der Waals surface area (Å²) in [6, 6.07) is 6.27. The van der Waals surface area contributed by atoms with E-state index in [2.05, 4.69) is 4.74 Å². The third-order valence-electron chi connectivity index (χ3n) is 2.06. The molecule has 0 amide bonds. The van der Waals surface area contributed by atoms with Crippen LogP contribution in [0.1, 0.15) is 17.0 Å². The minimum atomic E-state index is -1.19. The third-order valence-corrected chi connectivity index (χ3v) is 2.06. The van der Waals surface area contributed by atoms with Crippen molar-refractivity contribution in [1.29, 1.82) is 0 Å². The molecule has 1 atom stereocenters. The number of hydrogen-bond acceptors (Lipinski definition) is 4. The topological polar surface area (TPSA) is 80.7 Å². The molecule has 0 aliphatic heterocycles. The van der Waals surface area contributed by atoms with Crippen LogP contribution in [-0.2, 0) is 25.7 Å². The first-order valence-corrected chi connectivity index (χ1v) is 4.51. The molecule has 0 aliphatic rings. The van der Waals surface area contributed by atoms with Gasteiger partial charge in [0, 0.05) is 0 Å². The predicted molar refractivity (Wildman–Crippen MR) is 53.7 cm³/mol. The minimum absolute atomic E-state index is 0.128. The number of benzene rings is 1. The summed E-state index contributed by atoms with van der Waals surface area (Å²) < 4.78 is 4.53. The summed E-state index contributed by atoms with van der Waals surface area (Å²) in [5, 5.41) is 8.74. The average Bonchev–Trinajstić information content (AvgIpc) is 2.28. The molecule has 1 aromatic carbocycles. The largest absolute Gasteiger partial charge is 0.480 e. The van der Waals surface area contributed by atoms with Crippen LogP contribution in [0.15, 0.2) is 24.3 Å². The summed E-state index contributed by atoms with van der Waals surface area (Å²) in [5.41, 5.74) is 1.13. The molecule has 0 aromatic heterocycles. The van der Waals surface area contributed by atoms with E-state index in [9.17, 15) is 14.4 Å². The zero-order valence-corrected chi connectivity index (χ0v) is 8.33. The van der Waals surface area contributed by atoms with Crippen LogP contribution in [0.5, 0.6) is 0 Å². The van der Waals surface area contributed by atoms with Crippen LogP contribution in [0.4, 0.5) is 0 Å². The molecule has 0 bridgehead atoms. The summed E-state index contributed by atoms with van der Waals surface area (Å²) in [7, 11) is 0. The average molecular weight is 222 g/mol. The Morgan fingerprint density at radius 2 is 1.94 bits per heavy atom. The third kappa shape index (κ3) is 2.91. The van der Waals surface area contributed by atoms with Gasteiger partial charge in [-0.1, -0.05) is 24.3 Å². The minimum Gasteiger partial charge on any atom is -0.480 e. The Hall–Kier alpha value is -2.17. The second-order valence-electron chi connectivity index (χ2n) is 3.10. The van der Waals surface area contributed by atoms with Crippen molar-refractivity contribution in [1.82, 2.24) is 0 Å². The van der Waals surface area contributed by atoms with Gasteiger partial charge in [0.2, 0.25) is 0 Å². The SMILES string of the molecule is O=COCc1ccc(C(C=O)C(=O)O)cc1. The van der Waals surface area contributed by atoms with Gasteiger partial charge >= 0.3 is 5.97 Å². The first-order chi connectivity index (χ1) is 7.69. The molecule has 1 N–H and O–H groups in total. The van der Waals surface area contributed by atoms with E-state index in [0.717, 1.165) is 5.56 Å². The van der Waals surface area contributed by atoms with E-state index in [4.69, 9.17) is 5.11 Å². The summed E-state index contributed by atoms with van der Waals surface area (Å²) in [6.45, 7) is 0.460. The lowest BCUT2D eigenvalue weighted by Gasteiger charge is -2.06. The van der Waals surface area contributed by atoms with Crippen molar-refractivity contribution >= 4 is 18.7 Å². The van der Waals surface area contributed by atoms with E-state index >= 15 is 0 Å². The highest BCUT2D eigenvalue weighted by Gasteiger charge is 2.18. The highest BCUT2D eigenvalue weighted by Crippen LogP contribution is 2.15. The van der Waals surface area contributed by atoms with Crippen molar-refractivity contribution in [2.24, 2.45) is 0 Å². The quantitative estimate of drug-likeness (QED) is 0.566. The van der Waals surface area contributed by atoms with Crippen LogP contribution in [-0.4, -0.2) is 23.8 Å². The molecule has 84 valence electrons. The fourth-order valence-corrected chi connectivity index (χ4v) is 1.23. The lowest BCUT2D eigenvalue weighted by atomic mass is 10.00. The lowest BCUT2D eigenvalue weighted by molar-refractivity contribution is -0.140. The normalized spacial score (nSPS) is 11.5. The van der Waals surface area contributed by atoms with Gasteiger partial charge in [-0.15, -0.1) is 0 Å². The van der Waals surface area contributed by atoms with Crippen molar-refractivity contribution < 1.29 is 24.2 Å². The second kappa shape index (κ2) is 5.65. The van der Waals surface area contributed by atoms with Gasteiger partial charge in [-0.3, -0.25) is 9.59 Å². The summed E-state index contributed by atoms with van der Waals surface area (Å²) >= 11 is 0. The van der Waals surface area contributed by atoms with Gasteiger partial charge in [-0.05, 0) is 11.1 Å². The molecule has 1 unspecified atom stereocenters. The van der Waals surface area contributed by atoms with Crippen LogP contribution < -0.4 is 0 Å². The van der Waals surface area contributed by atoms with Crippen LogP contribution in [0.25, 0.3) is 0 Å². The zero-order chi connectivity index (χ0) is 12.0. The number of carboxylic acids is 1. The highest BCUT2D eigenvalue weighted by atomic mass is 16.5. The van der Waals surface area contributed by atoms with Crippen LogP contribution in [0.2, 0.25) is 0 Å². The molecule has 0 heterocycles. The van der Waals surface area contributed by atoms with Crippen molar-refractivity contribution in [2.45, 2.75) is 12.5 Å². The molecular weight excluding hydrogens is 212 g/mol. The number of rotatable bonds is 6. The molecule has 0 saturated carbocycles. The number of aldehydes is 1. The standard InChI is InChI=1S/C11H10O5/c12-5-10(11(14)15)9-3-1-8(2-4-9)6-16-7-13/h1-5,7,10H,6H2,(H,14,15). The molecule has 5 nitrogen and oxygen atoms in total. The number of aliphatic carboxylic acids is 1. The molecule has 0 aliphatic carbocycles. The van der Waals surface area contributed by atoms with Crippen LogP contribution in [0, 0.1) is 0 Å². The van der Waals surface area contributed by atoms with Gasteiger partial charge in [0.25, 0.3) is 6.47 Å². The number of carboxylic acid groups (broad SMARTS) is 1. The Bertz CT molecular complexity index is 382. The van der Waals surface area contributed by atoms with E-state index in [0.29, 0.717) is 18.3 Å². The molecule has 0 spiro atoms. The van der Waals surface area contributed by atoms with Crippen molar-refractivity contribution in [3.8, 4) is 0 Å². The maximum absolute atomic E-state index is 10.7. The van der Waals surface area contributed by atoms with Gasteiger partial charge in [0.1, 0.15) is 18.8 Å². The van der Waals surface area contributed by atoms with E-state index in [-0.39, 0.29) is 6.61 Å². The van der Waals surface area contributed by atoms with E-state index in [1.165, 1.54) is 12.1 Å². The first kappa shape index (κ1) is 11.9. The summed E-state index contributed by atoms with van der Waals surface area (Å²) in [5.74, 6) is -2.34. The zero-order valence-electron chi connectivity index (χ0n) is 8.33. The molecule has 16 heavy (non-hydrogen) atoms. The number of carbonyl (C=O) groups excluding carboxylic acids is 2. The van der Waals surface area contributed by atoms with Crippen molar-refractivity contribution in [2.75, 3.05) is 0 Å². The maximum atomic E-state index is 10.7. The Kier molecular flexibility index (Phi) is 4.20. The summed E-state index contributed by atoms with van der Waals surface area (Å²) in [4.78, 5) is 31.2. The van der Waals surface area contributed by atoms with Gasteiger partial charge in [0.15, 0.2) is 0 Å². The first-order valence-electron chi connectivity index (χ1n) is 4.51. The number of carbonyl (C=O) groups is 3. The lowest BCUT2D eigenvalue weighted by Crippen LogP contribution is -2.12. The van der Waals surface area contributed by atoms with E-state index < -0.39 is 11.9 Å². The van der Waals surface area contributed by atoms with Gasteiger partial charge < -0.3 is 14.6 Å². The van der Waals surface area contributed by atoms with E-state index in [1.807, 2.05) is 0 Å². The smallest absolute Gasteiger partial charge is 0.318 e. The molecular formula is C11H10O5. The predicted octanol–water partition coefficient (Wildman–Crippen LogP) is 0.727. The Morgan fingerprint density at radius 3 is 2.38 bits per heavy atom.